The molecule has 7 nitrogen and oxygen atoms in total. The van der Waals surface area contributed by atoms with E-state index in [0.717, 1.165) is 35.8 Å². The maximum absolute atomic E-state index is 5.71. The van der Waals surface area contributed by atoms with E-state index in [4.69, 9.17) is 5.73 Å². The number of benzene rings is 1. The van der Waals surface area contributed by atoms with E-state index in [1.807, 2.05) is 24.4 Å². The predicted octanol–water partition coefficient (Wildman–Crippen LogP) is 0.849. The molecule has 0 atom stereocenters. The van der Waals surface area contributed by atoms with Gasteiger partial charge >= 0.3 is 0 Å². The van der Waals surface area contributed by atoms with Crippen molar-refractivity contribution < 1.29 is 0 Å². The van der Waals surface area contributed by atoms with Crippen molar-refractivity contribution in [1.82, 2.24) is 25.0 Å². The van der Waals surface area contributed by atoms with Gasteiger partial charge in [0.05, 0.1) is 23.8 Å². The first-order valence-electron chi connectivity index (χ1n) is 5.64. The molecule has 0 unspecified atom stereocenters. The van der Waals surface area contributed by atoms with Gasteiger partial charge in [0.2, 0.25) is 5.95 Å². The third-order valence-electron chi connectivity index (χ3n) is 2.61. The quantitative estimate of drug-likeness (QED) is 0.590. The molecule has 0 fully saturated rings. The van der Waals surface area contributed by atoms with Crippen molar-refractivity contribution in [2.45, 2.75) is 6.54 Å². The Morgan fingerprint density at radius 2 is 2.33 bits per heavy atom. The first-order valence-corrected chi connectivity index (χ1v) is 5.64. The lowest BCUT2D eigenvalue weighted by Gasteiger charge is -2.01. The molecule has 0 aliphatic rings. The van der Waals surface area contributed by atoms with E-state index in [1.54, 1.807) is 10.9 Å². The molecule has 2 aromatic heterocycles. The molecule has 0 saturated carbocycles. The summed E-state index contributed by atoms with van der Waals surface area (Å²) in [6.45, 7) is 1.46. The highest BCUT2D eigenvalue weighted by molar-refractivity contribution is 5.80. The van der Waals surface area contributed by atoms with Crippen LogP contribution in [0, 0.1) is 0 Å². The lowest BCUT2D eigenvalue weighted by Crippen LogP contribution is -2.11. The number of fused-ring (bicyclic) bond motifs is 1. The Morgan fingerprint density at radius 3 is 3.17 bits per heavy atom. The van der Waals surface area contributed by atoms with Crippen molar-refractivity contribution in [1.29, 1.82) is 0 Å². The van der Waals surface area contributed by atoms with Gasteiger partial charge in [-0.3, -0.25) is 4.68 Å². The minimum Gasteiger partial charge on any atom is -0.399 e. The number of nitrogen functional groups attached to an aromatic ring is 1. The zero-order valence-corrected chi connectivity index (χ0v) is 9.67. The van der Waals surface area contributed by atoms with E-state index < -0.39 is 0 Å². The number of aromatic amines is 1. The largest absolute Gasteiger partial charge is 0.399 e. The summed E-state index contributed by atoms with van der Waals surface area (Å²) in [5.74, 6) is 0.732. The topological polar surface area (TPSA) is 97.4 Å². The maximum Gasteiger partial charge on any atom is 0.201 e. The molecular formula is C11H13N7. The molecular weight excluding hydrogens is 230 g/mol. The molecule has 92 valence electrons. The van der Waals surface area contributed by atoms with E-state index in [1.165, 1.54) is 0 Å². The average molecular weight is 243 g/mol. The smallest absolute Gasteiger partial charge is 0.201 e. The minimum atomic E-state index is 0.721. The van der Waals surface area contributed by atoms with Crippen LogP contribution in [0.1, 0.15) is 0 Å². The van der Waals surface area contributed by atoms with Crippen molar-refractivity contribution in [2.24, 2.45) is 0 Å². The maximum atomic E-state index is 5.71. The number of aromatic nitrogens is 5. The van der Waals surface area contributed by atoms with Crippen LogP contribution in [0.2, 0.25) is 0 Å². The molecule has 2 heterocycles. The number of rotatable bonds is 4. The van der Waals surface area contributed by atoms with Crippen molar-refractivity contribution in [3.05, 3.63) is 30.6 Å². The normalized spacial score (nSPS) is 10.9. The number of hydrogen-bond donors (Lipinski definition) is 3. The average Bonchev–Trinajstić information content (AvgIpc) is 2.97. The highest BCUT2D eigenvalue weighted by atomic mass is 15.4. The van der Waals surface area contributed by atoms with Gasteiger partial charge in [0.1, 0.15) is 0 Å². The first kappa shape index (κ1) is 10.6. The Balaban J connectivity index is 1.67. The molecule has 1 aromatic carbocycles. The van der Waals surface area contributed by atoms with E-state index in [9.17, 15) is 0 Å². The van der Waals surface area contributed by atoms with Crippen molar-refractivity contribution in [3.8, 4) is 0 Å². The minimum absolute atomic E-state index is 0.721. The van der Waals surface area contributed by atoms with Crippen LogP contribution < -0.4 is 11.1 Å². The third kappa shape index (κ3) is 2.10. The molecule has 0 aliphatic heterocycles. The fourth-order valence-electron chi connectivity index (χ4n) is 1.75. The van der Waals surface area contributed by atoms with Gasteiger partial charge in [-0.1, -0.05) is 5.21 Å². The van der Waals surface area contributed by atoms with Gasteiger partial charge in [-0.15, -0.1) is 5.10 Å². The number of nitrogens with one attached hydrogen (secondary N) is 2. The van der Waals surface area contributed by atoms with Crippen LogP contribution in [-0.4, -0.2) is 31.5 Å². The summed E-state index contributed by atoms with van der Waals surface area (Å²) in [7, 11) is 0. The van der Waals surface area contributed by atoms with Crippen LogP contribution in [0.25, 0.3) is 11.0 Å². The van der Waals surface area contributed by atoms with E-state index in [0.29, 0.717) is 0 Å². The number of anilines is 2. The molecule has 0 saturated heterocycles. The highest BCUT2D eigenvalue weighted by Gasteiger charge is 2.02. The van der Waals surface area contributed by atoms with Gasteiger partial charge in [-0.2, -0.15) is 0 Å². The van der Waals surface area contributed by atoms with Crippen LogP contribution in [0.4, 0.5) is 11.6 Å². The molecule has 3 rings (SSSR count). The summed E-state index contributed by atoms with van der Waals surface area (Å²) in [5, 5.41) is 10.8. The first-order chi connectivity index (χ1) is 8.81. The van der Waals surface area contributed by atoms with Gasteiger partial charge in [0.15, 0.2) is 0 Å². The zero-order valence-electron chi connectivity index (χ0n) is 9.67. The lowest BCUT2D eigenvalue weighted by atomic mass is 10.3. The van der Waals surface area contributed by atoms with Gasteiger partial charge in [0, 0.05) is 18.4 Å². The molecule has 0 amide bonds. The van der Waals surface area contributed by atoms with Gasteiger partial charge < -0.3 is 16.0 Å². The Labute approximate surface area is 103 Å². The number of nitrogens with two attached hydrogens (primary N) is 1. The van der Waals surface area contributed by atoms with E-state index in [-0.39, 0.29) is 0 Å². The monoisotopic (exact) mass is 243 g/mol. The molecule has 3 aromatic rings. The zero-order chi connectivity index (χ0) is 12.4. The molecule has 18 heavy (non-hydrogen) atoms. The summed E-state index contributed by atoms with van der Waals surface area (Å²) < 4.78 is 1.76. The van der Waals surface area contributed by atoms with Crippen molar-refractivity contribution >= 4 is 22.7 Å². The van der Waals surface area contributed by atoms with Gasteiger partial charge in [0.25, 0.3) is 0 Å². The Bertz CT molecular complexity index is 641. The number of imidazole rings is 1. The second kappa shape index (κ2) is 4.36. The molecule has 0 aliphatic carbocycles. The summed E-state index contributed by atoms with van der Waals surface area (Å²) >= 11 is 0. The highest BCUT2D eigenvalue weighted by Crippen LogP contribution is 2.16. The SMILES string of the molecule is Nc1ccc2nc(NCCn3ccnn3)[nH]c2c1. The Kier molecular flexibility index (Phi) is 2.56. The fourth-order valence-corrected chi connectivity index (χ4v) is 1.75. The van der Waals surface area contributed by atoms with E-state index >= 15 is 0 Å². The van der Waals surface area contributed by atoms with Crippen molar-refractivity contribution in [2.75, 3.05) is 17.6 Å². The second-order valence-corrected chi connectivity index (χ2v) is 3.95. The number of nitrogens with zero attached hydrogens (tertiary/aromatic N) is 4. The van der Waals surface area contributed by atoms with Crippen LogP contribution in [0.3, 0.4) is 0 Å². The van der Waals surface area contributed by atoms with Crippen molar-refractivity contribution in [3.63, 3.8) is 0 Å². The summed E-state index contributed by atoms with van der Waals surface area (Å²) in [6.07, 6.45) is 3.48. The van der Waals surface area contributed by atoms with Gasteiger partial charge in [-0.25, -0.2) is 4.98 Å². The standard InChI is InChI=1S/C11H13N7/c12-8-1-2-9-10(7-8)16-11(15-9)13-3-5-18-6-4-14-17-18/h1-2,4,6-7H,3,5,12H2,(H2,13,15,16). The lowest BCUT2D eigenvalue weighted by molar-refractivity contribution is 0.608. The molecule has 0 radical (unpaired) electrons. The Hall–Kier alpha value is -2.57. The molecule has 4 N–H and O–H groups in total. The molecule has 7 heteroatoms. The van der Waals surface area contributed by atoms with Crippen LogP contribution in [-0.2, 0) is 6.54 Å². The molecule has 0 spiro atoms. The predicted molar refractivity (Wildman–Crippen MR) is 69.0 cm³/mol. The van der Waals surface area contributed by atoms with Gasteiger partial charge in [-0.05, 0) is 18.2 Å². The number of hydrogen-bond acceptors (Lipinski definition) is 5. The van der Waals surface area contributed by atoms with E-state index in [2.05, 4.69) is 25.6 Å². The van der Waals surface area contributed by atoms with Crippen LogP contribution in [0.15, 0.2) is 30.6 Å². The molecule has 0 bridgehead atoms. The summed E-state index contributed by atoms with van der Waals surface area (Å²) in [6, 6.07) is 5.59. The Morgan fingerprint density at radius 1 is 1.39 bits per heavy atom. The summed E-state index contributed by atoms with van der Waals surface area (Å²) in [4.78, 5) is 7.57. The third-order valence-corrected chi connectivity index (χ3v) is 2.61. The number of H-pyrrole nitrogens is 1. The van der Waals surface area contributed by atoms with Crippen LogP contribution >= 0.6 is 0 Å². The fraction of sp³-hybridized carbons (Fsp3) is 0.182. The second-order valence-electron chi connectivity index (χ2n) is 3.95. The summed E-state index contributed by atoms with van der Waals surface area (Å²) in [5.41, 5.74) is 8.26. The van der Waals surface area contributed by atoms with Crippen LogP contribution in [0.5, 0.6) is 0 Å².